The van der Waals surface area contributed by atoms with Crippen molar-refractivity contribution in [1.82, 2.24) is 0 Å². The van der Waals surface area contributed by atoms with Gasteiger partial charge in [-0.2, -0.15) is 0 Å². The molecule has 0 aromatic heterocycles. The fourth-order valence-corrected chi connectivity index (χ4v) is 4.44. The molecule has 0 aliphatic carbocycles. The third-order valence-corrected chi connectivity index (χ3v) is 5.53. The van der Waals surface area contributed by atoms with Crippen molar-refractivity contribution >= 4 is 29.8 Å². The van der Waals surface area contributed by atoms with Crippen LogP contribution in [0.15, 0.2) is 62.0 Å². The van der Waals surface area contributed by atoms with Gasteiger partial charge in [-0.3, -0.25) is 0 Å². The lowest BCUT2D eigenvalue weighted by atomic mass is 10.1. The molecule has 0 saturated carbocycles. The average molecular weight is 272 g/mol. The van der Waals surface area contributed by atoms with Crippen LogP contribution < -0.4 is 0 Å². The minimum absolute atomic E-state index is 0.601. The second-order valence-electron chi connectivity index (χ2n) is 4.10. The first-order valence-electron chi connectivity index (χ1n) is 5.89. The van der Waals surface area contributed by atoms with Gasteiger partial charge in [0.2, 0.25) is 0 Å². The smallest absolute Gasteiger partial charge is 0.120 e. The molecular formula is C15H12OS2. The van der Waals surface area contributed by atoms with Crippen molar-refractivity contribution in [1.29, 1.82) is 0 Å². The molecule has 0 N–H and O–H groups in total. The summed E-state index contributed by atoms with van der Waals surface area (Å²) in [5.41, 5.74) is 1.28. The van der Waals surface area contributed by atoms with Crippen molar-refractivity contribution in [2.75, 3.05) is 0 Å². The third-order valence-electron chi connectivity index (χ3n) is 2.87. The highest BCUT2D eigenvalue weighted by Crippen LogP contribution is 2.49. The van der Waals surface area contributed by atoms with Crippen molar-refractivity contribution in [3.8, 4) is 0 Å². The van der Waals surface area contributed by atoms with Crippen LogP contribution in [-0.4, -0.2) is 6.29 Å². The van der Waals surface area contributed by atoms with E-state index >= 15 is 0 Å². The van der Waals surface area contributed by atoms with Crippen LogP contribution in [0.5, 0.6) is 0 Å². The largest absolute Gasteiger partial charge is 0.303 e. The van der Waals surface area contributed by atoms with Crippen molar-refractivity contribution in [2.24, 2.45) is 0 Å². The van der Waals surface area contributed by atoms with E-state index in [-0.39, 0.29) is 0 Å². The first-order valence-corrected chi connectivity index (χ1v) is 7.52. The third kappa shape index (κ3) is 2.20. The summed E-state index contributed by atoms with van der Waals surface area (Å²) >= 11 is 3.64. The quantitative estimate of drug-likeness (QED) is 0.656. The predicted octanol–water partition coefficient (Wildman–Crippen LogP) is 4.43. The zero-order chi connectivity index (χ0) is 12.4. The normalized spacial score (nSPS) is 12.7. The molecule has 0 atom stereocenters. The minimum atomic E-state index is 0.601. The molecule has 90 valence electrons. The number of aldehydes is 1. The van der Waals surface area contributed by atoms with Gasteiger partial charge in [-0.15, -0.1) is 0 Å². The van der Waals surface area contributed by atoms with Gasteiger partial charge in [-0.25, -0.2) is 0 Å². The second kappa shape index (κ2) is 5.21. The van der Waals surface area contributed by atoms with Crippen LogP contribution in [0.3, 0.4) is 0 Å². The van der Waals surface area contributed by atoms with Gasteiger partial charge in [0.15, 0.2) is 0 Å². The topological polar surface area (TPSA) is 17.1 Å². The summed E-state index contributed by atoms with van der Waals surface area (Å²) in [6.07, 6.45) is 2.43. The average Bonchev–Trinajstić information content (AvgIpc) is 2.43. The Morgan fingerprint density at radius 3 is 2.39 bits per heavy atom. The first-order chi connectivity index (χ1) is 8.88. The number of benzene rings is 2. The molecule has 1 nitrogen and oxygen atoms in total. The number of rotatable bonds is 3. The molecular weight excluding hydrogens is 260 g/mol. The Labute approximate surface area is 115 Å². The predicted molar refractivity (Wildman–Crippen MR) is 75.5 cm³/mol. The summed E-state index contributed by atoms with van der Waals surface area (Å²) in [5.74, 6) is 0. The Hall–Kier alpha value is -1.19. The van der Waals surface area contributed by atoms with Gasteiger partial charge in [0.25, 0.3) is 0 Å². The lowest BCUT2D eigenvalue weighted by Crippen LogP contribution is -1.95. The molecule has 1 aliphatic heterocycles. The minimum Gasteiger partial charge on any atom is -0.303 e. The highest BCUT2D eigenvalue weighted by molar-refractivity contribution is 8.05. The molecule has 0 fully saturated rings. The Balaban J connectivity index is 1.99. The van der Waals surface area contributed by atoms with E-state index in [1.807, 2.05) is 23.5 Å². The summed E-state index contributed by atoms with van der Waals surface area (Å²) in [5, 5.41) is 0. The lowest BCUT2D eigenvalue weighted by molar-refractivity contribution is -0.107. The number of carbonyl (C=O) groups excluding carboxylic acids is 1. The second-order valence-corrected chi connectivity index (χ2v) is 6.24. The van der Waals surface area contributed by atoms with Crippen LogP contribution in [0, 0.1) is 0 Å². The molecule has 0 spiro atoms. The molecule has 0 unspecified atom stereocenters. The Bertz CT molecular complexity index is 593. The summed E-state index contributed by atoms with van der Waals surface area (Å²) < 4.78 is 0. The number of hydrogen-bond acceptors (Lipinski definition) is 3. The molecule has 3 heteroatoms. The van der Waals surface area contributed by atoms with Gasteiger partial charge in [-0.05, 0) is 30.2 Å². The fourth-order valence-electron chi connectivity index (χ4n) is 2.02. The summed E-state index contributed by atoms with van der Waals surface area (Å²) in [6, 6.07) is 14.8. The van der Waals surface area contributed by atoms with E-state index in [1.165, 1.54) is 25.1 Å². The van der Waals surface area contributed by atoms with Gasteiger partial charge in [-0.1, -0.05) is 47.8 Å². The van der Waals surface area contributed by atoms with Crippen LogP contribution in [0.2, 0.25) is 0 Å². The van der Waals surface area contributed by atoms with Crippen LogP contribution in [-0.2, 0) is 11.2 Å². The van der Waals surface area contributed by atoms with Gasteiger partial charge < -0.3 is 4.79 Å². The van der Waals surface area contributed by atoms with Gasteiger partial charge in [0, 0.05) is 26.0 Å². The van der Waals surface area contributed by atoms with E-state index < -0.39 is 0 Å². The number of fused-ring (bicyclic) bond motifs is 2. The van der Waals surface area contributed by atoms with Gasteiger partial charge >= 0.3 is 0 Å². The first kappa shape index (κ1) is 11.9. The molecule has 2 aromatic rings. The molecule has 1 heterocycles. The lowest BCUT2D eigenvalue weighted by Gasteiger charge is -2.20. The molecule has 0 radical (unpaired) electrons. The standard InChI is InChI=1S/C15H12OS2/c16-10-4-6-11-5-3-9-14-15(11)18-13-8-2-1-7-12(13)17-14/h1-3,5,7-10H,4,6H2. The molecule has 0 amide bonds. The van der Waals surface area contributed by atoms with E-state index in [9.17, 15) is 4.79 Å². The maximum absolute atomic E-state index is 10.5. The monoisotopic (exact) mass is 272 g/mol. The van der Waals surface area contributed by atoms with Crippen LogP contribution in [0.4, 0.5) is 0 Å². The summed E-state index contributed by atoms with van der Waals surface area (Å²) in [4.78, 5) is 15.8. The van der Waals surface area contributed by atoms with E-state index in [0.717, 1.165) is 12.7 Å². The molecule has 0 bridgehead atoms. The Kier molecular flexibility index (Phi) is 3.43. The highest BCUT2D eigenvalue weighted by atomic mass is 32.2. The maximum atomic E-state index is 10.5. The Morgan fingerprint density at radius 2 is 1.61 bits per heavy atom. The molecule has 0 saturated heterocycles. The van der Waals surface area contributed by atoms with Crippen molar-refractivity contribution in [3.05, 3.63) is 48.0 Å². The van der Waals surface area contributed by atoms with Crippen molar-refractivity contribution in [3.63, 3.8) is 0 Å². The number of carbonyl (C=O) groups is 1. The molecule has 18 heavy (non-hydrogen) atoms. The maximum Gasteiger partial charge on any atom is 0.120 e. The molecule has 3 rings (SSSR count). The summed E-state index contributed by atoms with van der Waals surface area (Å²) in [6.45, 7) is 0. The van der Waals surface area contributed by atoms with Crippen LogP contribution in [0.1, 0.15) is 12.0 Å². The van der Waals surface area contributed by atoms with E-state index in [2.05, 4.69) is 42.5 Å². The van der Waals surface area contributed by atoms with Gasteiger partial charge in [0.1, 0.15) is 6.29 Å². The van der Waals surface area contributed by atoms with E-state index in [0.29, 0.717) is 6.42 Å². The summed E-state index contributed by atoms with van der Waals surface area (Å²) in [7, 11) is 0. The van der Waals surface area contributed by atoms with Crippen LogP contribution in [0.25, 0.3) is 0 Å². The van der Waals surface area contributed by atoms with E-state index in [4.69, 9.17) is 0 Å². The van der Waals surface area contributed by atoms with Gasteiger partial charge in [0.05, 0.1) is 0 Å². The zero-order valence-corrected chi connectivity index (χ0v) is 11.4. The zero-order valence-electron chi connectivity index (χ0n) is 9.76. The van der Waals surface area contributed by atoms with E-state index in [1.54, 1.807) is 0 Å². The molecule has 2 aromatic carbocycles. The Morgan fingerprint density at radius 1 is 0.889 bits per heavy atom. The highest BCUT2D eigenvalue weighted by Gasteiger charge is 2.18. The van der Waals surface area contributed by atoms with Crippen molar-refractivity contribution in [2.45, 2.75) is 32.4 Å². The van der Waals surface area contributed by atoms with Crippen LogP contribution >= 0.6 is 23.5 Å². The fraction of sp³-hybridized carbons (Fsp3) is 0.133. The SMILES string of the molecule is O=CCCc1cccc2c1Sc1ccccc1S2. The number of aryl methyl sites for hydroxylation is 1. The number of hydrogen-bond donors (Lipinski definition) is 0. The molecule has 1 aliphatic rings. The van der Waals surface area contributed by atoms with Crippen molar-refractivity contribution < 1.29 is 4.79 Å².